The summed E-state index contributed by atoms with van der Waals surface area (Å²) in [5, 5.41) is 9.24. The average Bonchev–Trinajstić information content (AvgIpc) is 3.11. The summed E-state index contributed by atoms with van der Waals surface area (Å²) < 4.78 is 9.86. The SMILES string of the molecule is C1=COCC1.CC(C)COC(=O)c1ccc(CC(C)C)cc1C(=O)O. The van der Waals surface area contributed by atoms with E-state index in [0.29, 0.717) is 5.92 Å². The quantitative estimate of drug-likeness (QED) is 0.775. The monoisotopic (exact) mass is 348 g/mol. The number of carboxylic acid groups (broad SMARTS) is 1. The molecule has 25 heavy (non-hydrogen) atoms. The van der Waals surface area contributed by atoms with E-state index in [1.807, 2.05) is 19.9 Å². The van der Waals surface area contributed by atoms with Crippen LogP contribution < -0.4 is 0 Å². The zero-order valence-electron chi connectivity index (χ0n) is 15.5. The van der Waals surface area contributed by atoms with Crippen molar-refractivity contribution in [2.45, 2.75) is 40.5 Å². The van der Waals surface area contributed by atoms with E-state index in [-0.39, 0.29) is 23.7 Å². The fourth-order valence-corrected chi connectivity index (χ4v) is 2.21. The van der Waals surface area contributed by atoms with Gasteiger partial charge >= 0.3 is 11.9 Å². The van der Waals surface area contributed by atoms with Crippen LogP contribution in [0.4, 0.5) is 0 Å². The summed E-state index contributed by atoms with van der Waals surface area (Å²) in [6.07, 6.45) is 5.63. The first-order chi connectivity index (χ1) is 11.8. The molecule has 0 aromatic heterocycles. The van der Waals surface area contributed by atoms with Crippen molar-refractivity contribution in [3.8, 4) is 0 Å². The Morgan fingerprint density at radius 1 is 1.16 bits per heavy atom. The maximum Gasteiger partial charge on any atom is 0.339 e. The zero-order chi connectivity index (χ0) is 18.8. The molecule has 1 N–H and O–H groups in total. The number of carbonyl (C=O) groups excluding carboxylic acids is 1. The van der Waals surface area contributed by atoms with E-state index >= 15 is 0 Å². The normalized spacial score (nSPS) is 12.6. The number of carbonyl (C=O) groups is 2. The third kappa shape index (κ3) is 7.88. The third-order valence-corrected chi connectivity index (χ3v) is 3.32. The predicted octanol–water partition coefficient (Wildman–Crippen LogP) is 4.32. The minimum atomic E-state index is -1.10. The van der Waals surface area contributed by atoms with Crippen LogP contribution in [0.5, 0.6) is 0 Å². The molecule has 1 heterocycles. The highest BCUT2D eigenvalue weighted by molar-refractivity contribution is 6.02. The van der Waals surface area contributed by atoms with Crippen molar-refractivity contribution in [2.24, 2.45) is 11.8 Å². The van der Waals surface area contributed by atoms with E-state index in [1.165, 1.54) is 0 Å². The number of esters is 1. The van der Waals surface area contributed by atoms with Gasteiger partial charge < -0.3 is 14.6 Å². The van der Waals surface area contributed by atoms with Gasteiger partial charge in [-0.3, -0.25) is 0 Å². The second-order valence-corrected chi connectivity index (χ2v) is 6.81. The van der Waals surface area contributed by atoms with Gasteiger partial charge in [0.1, 0.15) is 0 Å². The molecule has 1 aliphatic heterocycles. The Hall–Kier alpha value is -2.30. The third-order valence-electron chi connectivity index (χ3n) is 3.32. The summed E-state index contributed by atoms with van der Waals surface area (Å²) in [6.45, 7) is 9.15. The fraction of sp³-hybridized carbons (Fsp3) is 0.500. The van der Waals surface area contributed by atoms with E-state index in [4.69, 9.17) is 9.47 Å². The maximum atomic E-state index is 11.9. The first-order valence-corrected chi connectivity index (χ1v) is 8.61. The van der Waals surface area contributed by atoms with Crippen molar-refractivity contribution in [1.82, 2.24) is 0 Å². The van der Waals surface area contributed by atoms with E-state index in [9.17, 15) is 14.7 Å². The molecule has 5 heteroatoms. The molecule has 138 valence electrons. The molecule has 2 rings (SSSR count). The lowest BCUT2D eigenvalue weighted by Gasteiger charge is -2.11. The summed E-state index contributed by atoms with van der Waals surface area (Å²) in [6, 6.07) is 4.90. The number of rotatable bonds is 6. The van der Waals surface area contributed by atoms with Crippen LogP contribution in [0.15, 0.2) is 30.5 Å². The lowest BCUT2D eigenvalue weighted by Crippen LogP contribution is -2.15. The average molecular weight is 348 g/mol. The van der Waals surface area contributed by atoms with Crippen LogP contribution >= 0.6 is 0 Å². The van der Waals surface area contributed by atoms with Crippen LogP contribution in [-0.2, 0) is 15.9 Å². The van der Waals surface area contributed by atoms with Gasteiger partial charge in [-0.05, 0) is 42.0 Å². The van der Waals surface area contributed by atoms with Crippen LogP contribution in [-0.4, -0.2) is 30.3 Å². The number of carboxylic acids is 1. The summed E-state index contributed by atoms with van der Waals surface area (Å²) in [7, 11) is 0. The molecule has 0 bridgehead atoms. The van der Waals surface area contributed by atoms with Gasteiger partial charge in [0, 0.05) is 6.42 Å². The molecule has 0 aliphatic carbocycles. The Morgan fingerprint density at radius 3 is 2.32 bits per heavy atom. The Balaban J connectivity index is 0.000000531. The molecule has 1 aromatic carbocycles. The summed E-state index contributed by atoms with van der Waals surface area (Å²) >= 11 is 0. The van der Waals surface area contributed by atoms with Crippen LogP contribution in [0.3, 0.4) is 0 Å². The van der Waals surface area contributed by atoms with Gasteiger partial charge in [-0.25, -0.2) is 9.59 Å². The predicted molar refractivity (Wildman–Crippen MR) is 96.8 cm³/mol. The van der Waals surface area contributed by atoms with E-state index in [0.717, 1.165) is 25.0 Å². The number of benzene rings is 1. The highest BCUT2D eigenvalue weighted by Gasteiger charge is 2.19. The molecule has 0 fully saturated rings. The molecule has 0 amide bonds. The fourth-order valence-electron chi connectivity index (χ4n) is 2.21. The Kier molecular flexibility index (Phi) is 8.75. The minimum Gasteiger partial charge on any atom is -0.501 e. The van der Waals surface area contributed by atoms with Crippen molar-refractivity contribution in [1.29, 1.82) is 0 Å². The molecule has 5 nitrogen and oxygen atoms in total. The molecule has 0 atom stereocenters. The van der Waals surface area contributed by atoms with E-state index < -0.39 is 11.9 Å². The van der Waals surface area contributed by atoms with Gasteiger partial charge in [0.25, 0.3) is 0 Å². The Bertz CT molecular complexity index is 596. The van der Waals surface area contributed by atoms with Crippen molar-refractivity contribution in [2.75, 3.05) is 13.2 Å². The van der Waals surface area contributed by atoms with E-state index in [2.05, 4.69) is 13.8 Å². The van der Waals surface area contributed by atoms with Crippen molar-refractivity contribution >= 4 is 11.9 Å². The second kappa shape index (κ2) is 10.5. The zero-order valence-corrected chi connectivity index (χ0v) is 15.5. The van der Waals surface area contributed by atoms with Crippen LogP contribution in [0.25, 0.3) is 0 Å². The minimum absolute atomic E-state index is 0.0110. The molecular weight excluding hydrogens is 320 g/mol. The van der Waals surface area contributed by atoms with Gasteiger partial charge in [0.15, 0.2) is 0 Å². The van der Waals surface area contributed by atoms with Crippen molar-refractivity contribution in [3.63, 3.8) is 0 Å². The molecule has 0 spiro atoms. The molecule has 1 aliphatic rings. The highest BCUT2D eigenvalue weighted by Crippen LogP contribution is 2.17. The van der Waals surface area contributed by atoms with Gasteiger partial charge in [-0.2, -0.15) is 0 Å². The number of ether oxygens (including phenoxy) is 2. The summed E-state index contributed by atoms with van der Waals surface area (Å²) in [5.74, 6) is -1.04. The highest BCUT2D eigenvalue weighted by atomic mass is 16.5. The van der Waals surface area contributed by atoms with Gasteiger partial charge in [0.05, 0.1) is 30.6 Å². The lowest BCUT2D eigenvalue weighted by atomic mass is 9.98. The smallest absolute Gasteiger partial charge is 0.339 e. The number of hydrogen-bond donors (Lipinski definition) is 1. The van der Waals surface area contributed by atoms with E-state index in [1.54, 1.807) is 24.5 Å². The second-order valence-electron chi connectivity index (χ2n) is 6.81. The Labute approximate surface area is 149 Å². The molecule has 0 saturated carbocycles. The first-order valence-electron chi connectivity index (χ1n) is 8.61. The van der Waals surface area contributed by atoms with Crippen LogP contribution in [0, 0.1) is 11.8 Å². The van der Waals surface area contributed by atoms with Crippen LogP contribution in [0.1, 0.15) is 60.4 Å². The largest absolute Gasteiger partial charge is 0.501 e. The number of hydrogen-bond acceptors (Lipinski definition) is 4. The van der Waals surface area contributed by atoms with Crippen LogP contribution in [0.2, 0.25) is 0 Å². The summed E-state index contributed by atoms with van der Waals surface area (Å²) in [5.41, 5.74) is 1.04. The molecule has 1 aromatic rings. The maximum absolute atomic E-state index is 11.9. The molecule has 0 radical (unpaired) electrons. The standard InChI is InChI=1S/C16H22O4.C4H6O/c1-10(2)7-12-5-6-13(14(8-12)15(17)18)16(19)20-9-11(3)4;1-2-4-5-3-1/h5-6,8,10-11H,7,9H2,1-4H3,(H,17,18);1,3H,2,4H2. The molecule has 0 saturated heterocycles. The van der Waals surface area contributed by atoms with Crippen molar-refractivity contribution < 1.29 is 24.2 Å². The van der Waals surface area contributed by atoms with Gasteiger partial charge in [0.2, 0.25) is 0 Å². The van der Waals surface area contributed by atoms with Gasteiger partial charge in [-0.15, -0.1) is 0 Å². The summed E-state index contributed by atoms with van der Waals surface area (Å²) in [4.78, 5) is 23.2. The lowest BCUT2D eigenvalue weighted by molar-refractivity contribution is 0.0450. The topological polar surface area (TPSA) is 72.8 Å². The number of aromatic carboxylic acids is 1. The molecular formula is C20H28O5. The van der Waals surface area contributed by atoms with Gasteiger partial charge in [-0.1, -0.05) is 33.8 Å². The first kappa shape index (κ1) is 20.7. The van der Waals surface area contributed by atoms with Crippen molar-refractivity contribution in [3.05, 3.63) is 47.2 Å². The molecule has 0 unspecified atom stereocenters. The Morgan fingerprint density at radius 2 is 1.88 bits per heavy atom.